The molecule has 6 heteroatoms. The third kappa shape index (κ3) is 3.65. The second-order valence-corrected chi connectivity index (χ2v) is 5.66. The van der Waals surface area contributed by atoms with Gasteiger partial charge in [-0.05, 0) is 37.1 Å². The molecule has 1 atom stereocenters. The monoisotopic (exact) mass is 330 g/mol. The number of carbonyl (C=O) groups is 1. The number of anilines is 1. The summed E-state index contributed by atoms with van der Waals surface area (Å²) in [7, 11) is 0. The highest BCUT2D eigenvalue weighted by Crippen LogP contribution is 2.30. The molecule has 0 spiro atoms. The molecule has 2 aromatic carbocycles. The predicted octanol–water partition coefficient (Wildman–Crippen LogP) is 3.61. The van der Waals surface area contributed by atoms with Gasteiger partial charge < -0.3 is 20.1 Å². The van der Waals surface area contributed by atoms with Crippen LogP contribution < -0.4 is 10.1 Å². The van der Waals surface area contributed by atoms with Gasteiger partial charge in [-0.1, -0.05) is 18.2 Å². The van der Waals surface area contributed by atoms with Gasteiger partial charge >= 0.3 is 6.03 Å². The molecule has 0 unspecified atom stereocenters. The van der Waals surface area contributed by atoms with Crippen LogP contribution in [0.4, 0.5) is 14.9 Å². The molecule has 1 aliphatic heterocycles. The van der Waals surface area contributed by atoms with E-state index in [0.717, 1.165) is 12.8 Å². The van der Waals surface area contributed by atoms with Gasteiger partial charge in [0.15, 0.2) is 5.75 Å². The van der Waals surface area contributed by atoms with Crippen LogP contribution in [0.3, 0.4) is 0 Å². The van der Waals surface area contributed by atoms with Gasteiger partial charge in [-0.3, -0.25) is 0 Å². The molecule has 2 amide bonds. The van der Waals surface area contributed by atoms with Gasteiger partial charge in [0.05, 0.1) is 18.3 Å². The van der Waals surface area contributed by atoms with Crippen molar-refractivity contribution in [1.82, 2.24) is 4.90 Å². The van der Waals surface area contributed by atoms with Crippen LogP contribution in [0.2, 0.25) is 0 Å². The largest absolute Gasteiger partial charge is 0.455 e. The van der Waals surface area contributed by atoms with Crippen molar-refractivity contribution >= 4 is 11.7 Å². The van der Waals surface area contributed by atoms with Crippen LogP contribution >= 0.6 is 0 Å². The maximum Gasteiger partial charge on any atom is 0.322 e. The van der Waals surface area contributed by atoms with E-state index in [0.29, 0.717) is 23.7 Å². The number of ether oxygens (including phenoxy) is 1. The van der Waals surface area contributed by atoms with Crippen molar-refractivity contribution in [2.45, 2.75) is 18.9 Å². The van der Waals surface area contributed by atoms with Gasteiger partial charge in [-0.2, -0.15) is 0 Å². The Bertz CT molecular complexity index is 723. The zero-order chi connectivity index (χ0) is 16.9. The molecule has 0 aliphatic carbocycles. The standard InChI is InChI=1S/C18H19FN2O3/c19-13-5-3-7-15(11-13)24-17-9-2-1-8-16(17)20-18(23)21-10-4-6-14(21)12-22/h1-3,5,7-9,11,14,22H,4,6,10,12H2,(H,20,23)/t14-/m0/s1. The first-order valence-corrected chi connectivity index (χ1v) is 7.88. The summed E-state index contributed by atoms with van der Waals surface area (Å²) in [6.07, 6.45) is 1.67. The number of hydrogen-bond donors (Lipinski definition) is 2. The van der Waals surface area contributed by atoms with Gasteiger partial charge in [-0.15, -0.1) is 0 Å². The first-order chi connectivity index (χ1) is 11.7. The Morgan fingerprint density at radius 3 is 2.92 bits per heavy atom. The number of amides is 2. The Morgan fingerprint density at radius 2 is 2.12 bits per heavy atom. The topological polar surface area (TPSA) is 61.8 Å². The quantitative estimate of drug-likeness (QED) is 0.900. The van der Waals surface area contributed by atoms with E-state index in [-0.39, 0.29) is 18.7 Å². The number of nitrogens with zero attached hydrogens (tertiary/aromatic N) is 1. The fraction of sp³-hybridized carbons (Fsp3) is 0.278. The lowest BCUT2D eigenvalue weighted by molar-refractivity contribution is 0.166. The molecule has 3 rings (SSSR count). The Hall–Kier alpha value is -2.60. The lowest BCUT2D eigenvalue weighted by Crippen LogP contribution is -2.40. The molecule has 1 fully saturated rings. The number of nitrogens with one attached hydrogen (secondary N) is 1. The summed E-state index contributed by atoms with van der Waals surface area (Å²) in [5, 5.41) is 12.2. The normalized spacial score (nSPS) is 16.9. The average molecular weight is 330 g/mol. The molecule has 2 aromatic rings. The minimum absolute atomic E-state index is 0.0468. The average Bonchev–Trinajstić information content (AvgIpc) is 3.05. The Balaban J connectivity index is 1.75. The molecule has 126 valence electrons. The van der Waals surface area contributed by atoms with Gasteiger partial charge in [0.25, 0.3) is 0 Å². The summed E-state index contributed by atoms with van der Waals surface area (Å²) in [6.45, 7) is 0.568. The molecule has 1 heterocycles. The maximum absolute atomic E-state index is 13.3. The number of urea groups is 1. The summed E-state index contributed by atoms with van der Waals surface area (Å²) in [5.41, 5.74) is 0.496. The van der Waals surface area contributed by atoms with E-state index in [2.05, 4.69) is 5.32 Å². The number of benzene rings is 2. The molecule has 1 aliphatic rings. The SMILES string of the molecule is O=C(Nc1ccccc1Oc1cccc(F)c1)N1CCC[C@H]1CO. The number of carbonyl (C=O) groups excluding carboxylic acids is 1. The zero-order valence-electron chi connectivity index (χ0n) is 13.1. The highest BCUT2D eigenvalue weighted by atomic mass is 19.1. The molecule has 0 aromatic heterocycles. The summed E-state index contributed by atoms with van der Waals surface area (Å²) < 4.78 is 19.0. The van der Waals surface area contributed by atoms with Crippen LogP contribution in [-0.2, 0) is 0 Å². The van der Waals surface area contributed by atoms with Crippen molar-refractivity contribution in [2.75, 3.05) is 18.5 Å². The number of aliphatic hydroxyl groups excluding tert-OH is 1. The van der Waals surface area contributed by atoms with Crippen LogP contribution in [-0.4, -0.2) is 35.2 Å². The molecule has 0 radical (unpaired) electrons. The molecule has 2 N–H and O–H groups in total. The third-order valence-electron chi connectivity index (χ3n) is 4.00. The van der Waals surface area contributed by atoms with Gasteiger partial charge in [0.2, 0.25) is 0 Å². The molecule has 0 bridgehead atoms. The van der Waals surface area contributed by atoms with Crippen LogP contribution in [0.1, 0.15) is 12.8 Å². The Labute approximate surface area is 139 Å². The maximum atomic E-state index is 13.3. The zero-order valence-corrected chi connectivity index (χ0v) is 13.1. The van der Waals surface area contributed by atoms with Crippen molar-refractivity contribution in [2.24, 2.45) is 0 Å². The van der Waals surface area contributed by atoms with E-state index >= 15 is 0 Å². The molecule has 5 nitrogen and oxygen atoms in total. The number of para-hydroxylation sites is 2. The number of aliphatic hydroxyl groups is 1. The molecule has 24 heavy (non-hydrogen) atoms. The molecular formula is C18H19FN2O3. The lowest BCUT2D eigenvalue weighted by atomic mass is 10.2. The van der Waals surface area contributed by atoms with E-state index in [1.807, 2.05) is 0 Å². The Kier molecular flexibility index (Phi) is 4.96. The van der Waals surface area contributed by atoms with Crippen LogP contribution in [0.25, 0.3) is 0 Å². The van der Waals surface area contributed by atoms with E-state index in [9.17, 15) is 14.3 Å². The smallest absolute Gasteiger partial charge is 0.322 e. The summed E-state index contributed by atoms with van der Waals surface area (Å²) in [4.78, 5) is 14.1. The fourth-order valence-electron chi connectivity index (χ4n) is 2.80. The second-order valence-electron chi connectivity index (χ2n) is 5.66. The lowest BCUT2D eigenvalue weighted by Gasteiger charge is -2.24. The van der Waals surface area contributed by atoms with E-state index < -0.39 is 5.82 Å². The van der Waals surface area contributed by atoms with Crippen molar-refractivity contribution in [3.05, 3.63) is 54.3 Å². The number of hydrogen-bond acceptors (Lipinski definition) is 3. The number of rotatable bonds is 4. The molecule has 0 saturated carbocycles. The van der Waals surface area contributed by atoms with Crippen LogP contribution in [0.15, 0.2) is 48.5 Å². The first kappa shape index (κ1) is 16.3. The highest BCUT2D eigenvalue weighted by Gasteiger charge is 2.28. The summed E-state index contributed by atoms with van der Waals surface area (Å²) >= 11 is 0. The summed E-state index contributed by atoms with van der Waals surface area (Å²) in [5.74, 6) is 0.388. The van der Waals surface area contributed by atoms with Crippen molar-refractivity contribution in [1.29, 1.82) is 0 Å². The summed E-state index contributed by atoms with van der Waals surface area (Å²) in [6, 6.07) is 12.4. The third-order valence-corrected chi connectivity index (χ3v) is 4.00. The van der Waals surface area contributed by atoms with E-state index in [4.69, 9.17) is 4.74 Å². The van der Waals surface area contributed by atoms with E-state index in [1.54, 1.807) is 41.3 Å². The Morgan fingerprint density at radius 1 is 1.29 bits per heavy atom. The van der Waals surface area contributed by atoms with Gasteiger partial charge in [-0.25, -0.2) is 9.18 Å². The fourth-order valence-corrected chi connectivity index (χ4v) is 2.80. The minimum Gasteiger partial charge on any atom is -0.455 e. The van der Waals surface area contributed by atoms with E-state index in [1.165, 1.54) is 12.1 Å². The number of halogens is 1. The molecular weight excluding hydrogens is 311 g/mol. The highest BCUT2D eigenvalue weighted by molar-refractivity contribution is 5.91. The van der Waals surface area contributed by atoms with Gasteiger partial charge in [0, 0.05) is 12.6 Å². The van der Waals surface area contributed by atoms with Crippen LogP contribution in [0.5, 0.6) is 11.5 Å². The van der Waals surface area contributed by atoms with Crippen LogP contribution in [0, 0.1) is 5.82 Å². The van der Waals surface area contributed by atoms with Crippen molar-refractivity contribution in [3.63, 3.8) is 0 Å². The first-order valence-electron chi connectivity index (χ1n) is 7.88. The van der Waals surface area contributed by atoms with Crippen molar-refractivity contribution in [3.8, 4) is 11.5 Å². The van der Waals surface area contributed by atoms with Crippen molar-refractivity contribution < 1.29 is 19.0 Å². The predicted molar refractivity (Wildman–Crippen MR) is 88.7 cm³/mol. The second kappa shape index (κ2) is 7.31. The minimum atomic E-state index is -0.392. The number of likely N-dealkylation sites (tertiary alicyclic amines) is 1. The van der Waals surface area contributed by atoms with Gasteiger partial charge in [0.1, 0.15) is 11.6 Å². The molecule has 1 saturated heterocycles.